The molecule has 0 fully saturated rings. The molecule has 0 aliphatic heterocycles. The number of rotatable bonds is 5. The van der Waals surface area contributed by atoms with E-state index in [4.69, 9.17) is 5.73 Å². The highest BCUT2D eigenvalue weighted by Crippen LogP contribution is 2.10. The number of aromatic nitrogens is 2. The molecule has 15 heavy (non-hydrogen) atoms. The minimum absolute atomic E-state index is 0.319. The Labute approximate surface area is 91.9 Å². The van der Waals surface area contributed by atoms with Crippen LogP contribution in [0, 0.1) is 5.41 Å². The predicted octanol–water partition coefficient (Wildman–Crippen LogP) is 0.978. The summed E-state index contributed by atoms with van der Waals surface area (Å²) in [5.41, 5.74) is 6.86. The summed E-state index contributed by atoms with van der Waals surface area (Å²) >= 11 is 0. The van der Waals surface area contributed by atoms with E-state index in [0.29, 0.717) is 12.0 Å². The molecule has 0 atom stereocenters. The molecule has 4 nitrogen and oxygen atoms in total. The van der Waals surface area contributed by atoms with Crippen LogP contribution < -0.4 is 11.1 Å². The van der Waals surface area contributed by atoms with Crippen molar-refractivity contribution in [2.24, 2.45) is 11.1 Å². The number of hydrogen-bond acceptors (Lipinski definition) is 3. The first kappa shape index (κ1) is 12.2. The molecule has 0 aromatic carbocycles. The molecule has 0 unspecified atom stereocenters. The maximum atomic E-state index is 5.46. The number of imidazole rings is 1. The van der Waals surface area contributed by atoms with Crippen LogP contribution in [0.1, 0.15) is 26.5 Å². The summed E-state index contributed by atoms with van der Waals surface area (Å²) in [6.07, 6.45) is 3.88. The molecule has 3 N–H and O–H groups in total. The van der Waals surface area contributed by atoms with Gasteiger partial charge in [-0.25, -0.2) is 4.98 Å². The molecule has 0 radical (unpaired) electrons. The summed E-state index contributed by atoms with van der Waals surface area (Å²) in [5.74, 6) is 0. The van der Waals surface area contributed by atoms with Crippen LogP contribution in [-0.2, 0) is 13.1 Å². The third-order valence-electron chi connectivity index (χ3n) is 2.04. The number of nitrogens with two attached hydrogens (primary N) is 1. The van der Waals surface area contributed by atoms with Crippen molar-refractivity contribution < 1.29 is 0 Å². The van der Waals surface area contributed by atoms with Crippen LogP contribution in [0.5, 0.6) is 0 Å². The van der Waals surface area contributed by atoms with Crippen molar-refractivity contribution in [1.29, 1.82) is 0 Å². The zero-order valence-corrected chi connectivity index (χ0v) is 9.95. The summed E-state index contributed by atoms with van der Waals surface area (Å²) in [4.78, 5) is 4.30. The van der Waals surface area contributed by atoms with Gasteiger partial charge in [-0.05, 0) is 5.41 Å². The van der Waals surface area contributed by atoms with Gasteiger partial charge >= 0.3 is 0 Å². The Hall–Kier alpha value is -0.870. The van der Waals surface area contributed by atoms with Gasteiger partial charge in [0.1, 0.15) is 0 Å². The molecule has 86 valence electrons. The molecular weight excluding hydrogens is 188 g/mol. The second-order valence-electron chi connectivity index (χ2n) is 5.06. The van der Waals surface area contributed by atoms with Crippen molar-refractivity contribution in [3.8, 4) is 0 Å². The van der Waals surface area contributed by atoms with E-state index in [1.54, 1.807) is 0 Å². The molecule has 0 saturated carbocycles. The van der Waals surface area contributed by atoms with E-state index < -0.39 is 0 Å². The fourth-order valence-electron chi connectivity index (χ4n) is 1.33. The standard InChI is InChI=1S/C11H22N4/c1-11(2,3)8-13-6-10-7-15(5-4-12)9-14-10/h7,9,13H,4-6,8,12H2,1-3H3. The first-order valence-electron chi connectivity index (χ1n) is 5.43. The lowest BCUT2D eigenvalue weighted by atomic mass is 9.97. The highest BCUT2D eigenvalue weighted by atomic mass is 15.0. The van der Waals surface area contributed by atoms with E-state index in [1.165, 1.54) is 0 Å². The van der Waals surface area contributed by atoms with Crippen molar-refractivity contribution in [2.75, 3.05) is 13.1 Å². The molecule has 1 aromatic heterocycles. The predicted molar refractivity (Wildman–Crippen MR) is 62.4 cm³/mol. The summed E-state index contributed by atoms with van der Waals surface area (Å²) in [6, 6.07) is 0. The summed E-state index contributed by atoms with van der Waals surface area (Å²) in [7, 11) is 0. The first-order chi connectivity index (χ1) is 7.01. The molecule has 0 aliphatic carbocycles. The van der Waals surface area contributed by atoms with Crippen molar-refractivity contribution in [3.05, 3.63) is 18.2 Å². The fourth-order valence-corrected chi connectivity index (χ4v) is 1.33. The SMILES string of the molecule is CC(C)(C)CNCc1cn(CCN)cn1. The molecule has 1 heterocycles. The van der Waals surface area contributed by atoms with Gasteiger partial charge in [-0.2, -0.15) is 0 Å². The van der Waals surface area contributed by atoms with Gasteiger partial charge in [-0.3, -0.25) is 0 Å². The third-order valence-corrected chi connectivity index (χ3v) is 2.04. The fraction of sp³-hybridized carbons (Fsp3) is 0.727. The second-order valence-corrected chi connectivity index (χ2v) is 5.06. The Kier molecular flexibility index (Phi) is 4.29. The van der Waals surface area contributed by atoms with Gasteiger partial charge in [0.15, 0.2) is 0 Å². The van der Waals surface area contributed by atoms with Gasteiger partial charge in [-0.1, -0.05) is 20.8 Å². The Morgan fingerprint density at radius 1 is 1.47 bits per heavy atom. The Morgan fingerprint density at radius 2 is 2.20 bits per heavy atom. The lowest BCUT2D eigenvalue weighted by Crippen LogP contribution is -2.26. The zero-order valence-electron chi connectivity index (χ0n) is 9.95. The summed E-state index contributed by atoms with van der Waals surface area (Å²) < 4.78 is 2.02. The van der Waals surface area contributed by atoms with Crippen molar-refractivity contribution >= 4 is 0 Å². The molecule has 0 amide bonds. The minimum Gasteiger partial charge on any atom is -0.336 e. The van der Waals surface area contributed by atoms with Gasteiger partial charge in [-0.15, -0.1) is 0 Å². The lowest BCUT2D eigenvalue weighted by Gasteiger charge is -2.18. The topological polar surface area (TPSA) is 55.9 Å². The lowest BCUT2D eigenvalue weighted by molar-refractivity contribution is 0.378. The molecule has 1 aromatic rings. The average molecular weight is 210 g/mol. The Morgan fingerprint density at radius 3 is 2.80 bits per heavy atom. The molecule has 4 heteroatoms. The van der Waals surface area contributed by atoms with E-state index in [0.717, 1.165) is 25.3 Å². The minimum atomic E-state index is 0.319. The molecular formula is C11H22N4. The molecule has 0 bridgehead atoms. The maximum absolute atomic E-state index is 5.46. The zero-order chi connectivity index (χ0) is 11.3. The van der Waals surface area contributed by atoms with Crippen molar-refractivity contribution in [3.63, 3.8) is 0 Å². The van der Waals surface area contributed by atoms with Crippen LogP contribution in [0.2, 0.25) is 0 Å². The van der Waals surface area contributed by atoms with E-state index in [-0.39, 0.29) is 0 Å². The van der Waals surface area contributed by atoms with Crippen LogP contribution in [-0.4, -0.2) is 22.6 Å². The van der Waals surface area contributed by atoms with Crippen LogP contribution in [0.15, 0.2) is 12.5 Å². The molecule has 0 aliphatic rings. The van der Waals surface area contributed by atoms with E-state index in [1.807, 2.05) is 17.1 Å². The van der Waals surface area contributed by atoms with Crippen LogP contribution >= 0.6 is 0 Å². The molecule has 0 spiro atoms. The first-order valence-corrected chi connectivity index (χ1v) is 5.43. The molecule has 1 rings (SSSR count). The monoisotopic (exact) mass is 210 g/mol. The largest absolute Gasteiger partial charge is 0.336 e. The number of nitrogens with zero attached hydrogens (tertiary/aromatic N) is 2. The van der Waals surface area contributed by atoms with Crippen LogP contribution in [0.3, 0.4) is 0 Å². The summed E-state index contributed by atoms with van der Waals surface area (Å²) in [6.45, 7) is 9.97. The second kappa shape index (κ2) is 5.28. The van der Waals surface area contributed by atoms with Crippen molar-refractivity contribution in [2.45, 2.75) is 33.9 Å². The summed E-state index contributed by atoms with van der Waals surface area (Å²) in [5, 5.41) is 3.39. The van der Waals surface area contributed by atoms with Gasteiger partial charge in [0.2, 0.25) is 0 Å². The van der Waals surface area contributed by atoms with Gasteiger partial charge in [0.25, 0.3) is 0 Å². The van der Waals surface area contributed by atoms with Crippen molar-refractivity contribution in [1.82, 2.24) is 14.9 Å². The quantitative estimate of drug-likeness (QED) is 0.761. The smallest absolute Gasteiger partial charge is 0.0950 e. The van der Waals surface area contributed by atoms with E-state index in [9.17, 15) is 0 Å². The van der Waals surface area contributed by atoms with E-state index in [2.05, 4.69) is 31.1 Å². The highest BCUT2D eigenvalue weighted by Gasteiger charge is 2.09. The highest BCUT2D eigenvalue weighted by molar-refractivity contribution is 4.96. The Bertz CT molecular complexity index is 285. The molecule has 0 saturated heterocycles. The number of nitrogens with one attached hydrogen (secondary N) is 1. The van der Waals surface area contributed by atoms with Gasteiger partial charge in [0.05, 0.1) is 12.0 Å². The van der Waals surface area contributed by atoms with E-state index >= 15 is 0 Å². The number of hydrogen-bond donors (Lipinski definition) is 2. The average Bonchev–Trinajstić information content (AvgIpc) is 2.51. The Balaban J connectivity index is 2.31. The maximum Gasteiger partial charge on any atom is 0.0950 e. The van der Waals surface area contributed by atoms with Crippen LogP contribution in [0.25, 0.3) is 0 Å². The van der Waals surface area contributed by atoms with Gasteiger partial charge in [0, 0.05) is 32.4 Å². The van der Waals surface area contributed by atoms with Gasteiger partial charge < -0.3 is 15.6 Å². The van der Waals surface area contributed by atoms with Crippen LogP contribution in [0.4, 0.5) is 0 Å². The normalized spacial score (nSPS) is 12.0. The third kappa shape index (κ3) is 4.95.